The number of thiophene rings is 1. The van der Waals surface area contributed by atoms with Gasteiger partial charge in [0.15, 0.2) is 0 Å². The van der Waals surface area contributed by atoms with E-state index in [0.717, 1.165) is 17.7 Å². The average Bonchev–Trinajstić information content (AvgIpc) is 3.00. The molecule has 3 nitrogen and oxygen atoms in total. The number of benzene rings is 1. The Labute approximate surface area is 103 Å². The summed E-state index contributed by atoms with van der Waals surface area (Å²) in [6.45, 7) is 0. The number of rotatable bonds is 2. The van der Waals surface area contributed by atoms with Crippen molar-refractivity contribution in [2.45, 2.75) is 12.5 Å². The van der Waals surface area contributed by atoms with Gasteiger partial charge in [-0.15, -0.1) is 11.3 Å². The number of nitrogens with one attached hydrogen (secondary N) is 1. The molecule has 0 saturated heterocycles. The molecule has 4 heteroatoms. The average molecular weight is 244 g/mol. The second-order valence-electron chi connectivity index (χ2n) is 4.01. The van der Waals surface area contributed by atoms with E-state index in [-0.39, 0.29) is 11.8 Å². The second-order valence-corrected chi connectivity index (χ2v) is 4.99. The van der Waals surface area contributed by atoms with Crippen molar-refractivity contribution in [3.8, 4) is 5.75 Å². The van der Waals surface area contributed by atoms with E-state index in [1.165, 1.54) is 4.88 Å². The van der Waals surface area contributed by atoms with E-state index in [1.54, 1.807) is 23.5 Å². The first-order valence-electron chi connectivity index (χ1n) is 5.48. The molecule has 1 aromatic carbocycles. The molecule has 1 aromatic heterocycles. The van der Waals surface area contributed by atoms with Crippen LogP contribution in [0.5, 0.6) is 5.75 Å². The van der Waals surface area contributed by atoms with Crippen LogP contribution in [-0.2, 0) is 0 Å². The van der Waals surface area contributed by atoms with Gasteiger partial charge in [-0.05, 0) is 23.6 Å². The fourth-order valence-corrected chi connectivity index (χ4v) is 2.73. The zero-order valence-electron chi connectivity index (χ0n) is 9.13. The van der Waals surface area contributed by atoms with Crippen molar-refractivity contribution >= 4 is 17.0 Å². The molecule has 2 N–H and O–H groups in total. The topological polar surface area (TPSA) is 44.6 Å². The van der Waals surface area contributed by atoms with Gasteiger partial charge in [-0.2, -0.15) is 5.10 Å². The molecule has 1 aliphatic heterocycles. The van der Waals surface area contributed by atoms with Crippen LogP contribution in [-0.4, -0.2) is 10.8 Å². The molecule has 0 amide bonds. The van der Waals surface area contributed by atoms with Crippen LogP contribution >= 0.6 is 11.3 Å². The van der Waals surface area contributed by atoms with E-state index < -0.39 is 0 Å². The van der Waals surface area contributed by atoms with Gasteiger partial charge in [0.05, 0.1) is 11.8 Å². The van der Waals surface area contributed by atoms with Crippen molar-refractivity contribution in [1.29, 1.82) is 0 Å². The first kappa shape index (κ1) is 10.4. The Morgan fingerprint density at radius 2 is 2.24 bits per heavy atom. The fraction of sp³-hybridized carbons (Fsp3) is 0.154. The Bertz CT molecular complexity index is 548. The molecule has 0 saturated carbocycles. The lowest BCUT2D eigenvalue weighted by Gasteiger charge is -2.06. The fourth-order valence-electron chi connectivity index (χ4n) is 1.96. The Hall–Kier alpha value is -1.81. The van der Waals surface area contributed by atoms with E-state index in [4.69, 9.17) is 0 Å². The van der Waals surface area contributed by atoms with Crippen molar-refractivity contribution < 1.29 is 5.11 Å². The van der Waals surface area contributed by atoms with E-state index in [0.29, 0.717) is 0 Å². The summed E-state index contributed by atoms with van der Waals surface area (Å²) in [5.41, 5.74) is 5.13. The minimum Gasteiger partial charge on any atom is -0.508 e. The van der Waals surface area contributed by atoms with Gasteiger partial charge in [0.2, 0.25) is 0 Å². The molecule has 86 valence electrons. The van der Waals surface area contributed by atoms with Crippen LogP contribution in [0.4, 0.5) is 0 Å². The third kappa shape index (κ3) is 2.03. The Morgan fingerprint density at radius 1 is 1.29 bits per heavy atom. The van der Waals surface area contributed by atoms with Crippen LogP contribution in [0.15, 0.2) is 46.9 Å². The first-order chi connectivity index (χ1) is 8.33. The molecule has 0 radical (unpaired) electrons. The van der Waals surface area contributed by atoms with Crippen LogP contribution in [0.3, 0.4) is 0 Å². The number of aromatic hydroxyl groups is 1. The molecular formula is C13H12N2OS. The summed E-state index contributed by atoms with van der Waals surface area (Å²) in [5.74, 6) is 0.282. The summed E-state index contributed by atoms with van der Waals surface area (Å²) in [6, 6.07) is 11.7. The Kier molecular flexibility index (Phi) is 2.57. The summed E-state index contributed by atoms with van der Waals surface area (Å²) in [5, 5.41) is 15.9. The van der Waals surface area contributed by atoms with Gasteiger partial charge >= 0.3 is 0 Å². The molecule has 2 aromatic rings. The Balaban J connectivity index is 1.80. The first-order valence-corrected chi connectivity index (χ1v) is 6.36. The van der Waals surface area contributed by atoms with Crippen molar-refractivity contribution in [3.63, 3.8) is 0 Å². The number of phenols is 1. The number of hydrazone groups is 1. The van der Waals surface area contributed by atoms with Crippen LogP contribution in [0.25, 0.3) is 0 Å². The maximum absolute atomic E-state index is 9.45. The SMILES string of the molecule is Oc1cccc(C2=NNC(c3cccs3)C2)c1. The third-order valence-corrected chi connectivity index (χ3v) is 3.80. The van der Waals surface area contributed by atoms with Crippen LogP contribution in [0.1, 0.15) is 22.9 Å². The van der Waals surface area contributed by atoms with Gasteiger partial charge in [0.1, 0.15) is 5.75 Å². The highest BCUT2D eigenvalue weighted by molar-refractivity contribution is 7.10. The van der Waals surface area contributed by atoms with Gasteiger partial charge in [-0.1, -0.05) is 18.2 Å². The van der Waals surface area contributed by atoms with Crippen LogP contribution in [0, 0.1) is 0 Å². The number of hydrogen-bond acceptors (Lipinski definition) is 4. The van der Waals surface area contributed by atoms with Gasteiger partial charge in [0, 0.05) is 16.9 Å². The maximum atomic E-state index is 9.45. The highest BCUT2D eigenvalue weighted by Gasteiger charge is 2.21. The van der Waals surface area contributed by atoms with Crippen molar-refractivity contribution in [1.82, 2.24) is 5.43 Å². The quantitative estimate of drug-likeness (QED) is 0.853. The van der Waals surface area contributed by atoms with Crippen LogP contribution < -0.4 is 5.43 Å². The van der Waals surface area contributed by atoms with Crippen molar-refractivity contribution in [2.24, 2.45) is 5.10 Å². The van der Waals surface area contributed by atoms with E-state index in [1.807, 2.05) is 18.2 Å². The largest absolute Gasteiger partial charge is 0.508 e. The smallest absolute Gasteiger partial charge is 0.116 e. The molecule has 0 spiro atoms. The third-order valence-electron chi connectivity index (χ3n) is 2.82. The van der Waals surface area contributed by atoms with Crippen molar-refractivity contribution in [3.05, 3.63) is 52.2 Å². The predicted molar refractivity (Wildman–Crippen MR) is 69.5 cm³/mol. The molecule has 0 aliphatic carbocycles. The highest BCUT2D eigenvalue weighted by Crippen LogP contribution is 2.28. The minimum atomic E-state index is 0.271. The van der Waals surface area contributed by atoms with Gasteiger partial charge < -0.3 is 10.5 Å². The lowest BCUT2D eigenvalue weighted by atomic mass is 10.0. The molecule has 1 aliphatic rings. The zero-order valence-corrected chi connectivity index (χ0v) is 9.95. The van der Waals surface area contributed by atoms with E-state index >= 15 is 0 Å². The summed E-state index contributed by atoms with van der Waals surface area (Å²) in [7, 11) is 0. The maximum Gasteiger partial charge on any atom is 0.116 e. The van der Waals surface area contributed by atoms with Gasteiger partial charge in [-0.3, -0.25) is 0 Å². The molecule has 2 heterocycles. The molecule has 1 atom stereocenters. The summed E-state index contributed by atoms with van der Waals surface area (Å²) in [6.07, 6.45) is 0.865. The summed E-state index contributed by atoms with van der Waals surface area (Å²) in [4.78, 5) is 1.30. The number of nitrogens with zero attached hydrogens (tertiary/aromatic N) is 1. The molecule has 17 heavy (non-hydrogen) atoms. The Morgan fingerprint density at radius 3 is 3.00 bits per heavy atom. The van der Waals surface area contributed by atoms with Crippen LogP contribution in [0.2, 0.25) is 0 Å². The lowest BCUT2D eigenvalue weighted by molar-refractivity contribution is 0.475. The monoisotopic (exact) mass is 244 g/mol. The predicted octanol–water partition coefficient (Wildman–Crippen LogP) is 2.89. The second kappa shape index (κ2) is 4.22. The molecule has 0 bridgehead atoms. The molecule has 1 unspecified atom stereocenters. The normalized spacial score (nSPS) is 18.8. The molecule has 0 fully saturated rings. The molecule has 3 rings (SSSR count). The number of phenolic OH excluding ortho intramolecular Hbond substituents is 1. The molecular weight excluding hydrogens is 232 g/mol. The highest BCUT2D eigenvalue weighted by atomic mass is 32.1. The van der Waals surface area contributed by atoms with Gasteiger partial charge in [-0.25, -0.2) is 0 Å². The minimum absolute atomic E-state index is 0.271. The zero-order chi connectivity index (χ0) is 11.7. The lowest BCUT2D eigenvalue weighted by Crippen LogP contribution is -2.07. The summed E-state index contributed by atoms with van der Waals surface area (Å²) >= 11 is 1.74. The summed E-state index contributed by atoms with van der Waals surface area (Å²) < 4.78 is 0. The van der Waals surface area contributed by atoms with Crippen molar-refractivity contribution in [2.75, 3.05) is 0 Å². The van der Waals surface area contributed by atoms with Gasteiger partial charge in [0.25, 0.3) is 0 Å². The standard InChI is InChI=1S/C13H12N2OS/c16-10-4-1-3-9(7-10)11-8-12(15-14-11)13-5-2-6-17-13/h1-7,12,15-16H,8H2. The number of hydrogen-bond donors (Lipinski definition) is 2. The van der Waals surface area contributed by atoms with E-state index in [2.05, 4.69) is 22.0 Å². The van der Waals surface area contributed by atoms with E-state index in [9.17, 15) is 5.11 Å².